The molecular weight excluding hydrogens is 468 g/mol. The molecule has 0 heteroatoms. The van der Waals surface area contributed by atoms with E-state index in [9.17, 15) is 0 Å². The summed E-state index contributed by atoms with van der Waals surface area (Å²) < 4.78 is 0. The molecule has 236 valence electrons. The highest BCUT2D eigenvalue weighted by Crippen LogP contribution is 2.20. The minimum absolute atomic E-state index is 0.966. The van der Waals surface area contributed by atoms with Crippen LogP contribution in [-0.4, -0.2) is 0 Å². The number of rotatable bonds is 35. The molecule has 0 fully saturated rings. The van der Waals surface area contributed by atoms with Crippen molar-refractivity contribution in [2.45, 2.75) is 245 Å². The molecule has 0 saturated carbocycles. The Kier molecular flexibility index (Phi) is 36.0. The second-order valence-corrected chi connectivity index (χ2v) is 13.6. The first-order valence-electron chi connectivity index (χ1n) is 19.3. The van der Waals surface area contributed by atoms with E-state index in [0.29, 0.717) is 0 Å². The summed E-state index contributed by atoms with van der Waals surface area (Å²) in [6, 6.07) is 0. The summed E-state index contributed by atoms with van der Waals surface area (Å²) in [5, 5.41) is 0. The molecule has 39 heavy (non-hydrogen) atoms. The summed E-state index contributed by atoms with van der Waals surface area (Å²) in [5.74, 6) is 0.966. The van der Waals surface area contributed by atoms with E-state index in [4.69, 9.17) is 0 Å². The van der Waals surface area contributed by atoms with Crippen LogP contribution in [0.5, 0.6) is 0 Å². The zero-order valence-electron chi connectivity index (χ0n) is 28.3. The number of hydrogen-bond donors (Lipinski definition) is 0. The fraction of sp³-hybridized carbons (Fsp3) is 1.00. The molecule has 0 nitrogen and oxygen atoms in total. The van der Waals surface area contributed by atoms with Gasteiger partial charge in [-0.1, -0.05) is 245 Å². The van der Waals surface area contributed by atoms with Gasteiger partial charge in [0.1, 0.15) is 0 Å². The highest BCUT2D eigenvalue weighted by Gasteiger charge is 2.02. The van der Waals surface area contributed by atoms with E-state index in [-0.39, 0.29) is 0 Å². The largest absolute Gasteiger partial charge is 0.0654 e. The summed E-state index contributed by atoms with van der Waals surface area (Å²) in [6.45, 7) is 7.13. The van der Waals surface area contributed by atoms with Crippen molar-refractivity contribution in [3.8, 4) is 0 Å². The molecule has 0 amide bonds. The van der Waals surface area contributed by atoms with Gasteiger partial charge in [0.15, 0.2) is 0 Å². The Morgan fingerprint density at radius 2 is 0.385 bits per heavy atom. The fourth-order valence-electron chi connectivity index (χ4n) is 6.40. The van der Waals surface area contributed by atoms with Gasteiger partial charge in [-0.15, -0.1) is 0 Å². The van der Waals surface area contributed by atoms with Crippen LogP contribution in [0.25, 0.3) is 0 Å². The summed E-state index contributed by atoms with van der Waals surface area (Å²) in [6.07, 6.45) is 51.7. The number of hydrogen-bond acceptors (Lipinski definition) is 0. The summed E-state index contributed by atoms with van der Waals surface area (Å²) in [7, 11) is 0. The van der Waals surface area contributed by atoms with Crippen LogP contribution < -0.4 is 0 Å². The molecule has 1 atom stereocenters. The van der Waals surface area contributed by atoms with Gasteiger partial charge in [-0.2, -0.15) is 0 Å². The topological polar surface area (TPSA) is 0 Å². The minimum atomic E-state index is 0.966. The number of unbranched alkanes of at least 4 members (excludes halogenated alkanes) is 31. The molecule has 1 unspecified atom stereocenters. The lowest BCUT2D eigenvalue weighted by Crippen LogP contribution is -1.95. The third-order valence-electron chi connectivity index (χ3n) is 9.35. The van der Waals surface area contributed by atoms with Gasteiger partial charge < -0.3 is 0 Å². The van der Waals surface area contributed by atoms with Gasteiger partial charge >= 0.3 is 0 Å². The van der Waals surface area contributed by atoms with Crippen LogP contribution >= 0.6 is 0 Å². The van der Waals surface area contributed by atoms with Gasteiger partial charge in [0, 0.05) is 0 Å². The molecule has 0 aliphatic heterocycles. The third-order valence-corrected chi connectivity index (χ3v) is 9.35. The van der Waals surface area contributed by atoms with Crippen LogP contribution in [0.4, 0.5) is 0 Å². The maximum Gasteiger partial charge on any atom is -0.0443 e. The molecule has 0 aliphatic carbocycles. The van der Waals surface area contributed by atoms with E-state index < -0.39 is 0 Å². The Morgan fingerprint density at radius 3 is 0.564 bits per heavy atom. The summed E-state index contributed by atoms with van der Waals surface area (Å²) in [5.41, 5.74) is 0. The smallest absolute Gasteiger partial charge is 0.0443 e. The van der Waals surface area contributed by atoms with Crippen LogP contribution in [0.15, 0.2) is 0 Å². The van der Waals surface area contributed by atoms with Crippen molar-refractivity contribution in [1.82, 2.24) is 0 Å². The first kappa shape index (κ1) is 39.0. The Morgan fingerprint density at radius 1 is 0.231 bits per heavy atom. The molecule has 0 bridgehead atoms. The van der Waals surface area contributed by atoms with Crippen LogP contribution in [-0.2, 0) is 0 Å². The van der Waals surface area contributed by atoms with E-state index in [0.717, 1.165) is 5.92 Å². The molecule has 0 aliphatic rings. The van der Waals surface area contributed by atoms with Gasteiger partial charge in [0.25, 0.3) is 0 Å². The Bertz CT molecular complexity index is 399. The monoisotopic (exact) mass is 549 g/mol. The predicted molar refractivity (Wildman–Crippen MR) is 182 cm³/mol. The predicted octanol–water partition coefficient (Wildman–Crippen LogP) is 15.3. The standard InChI is InChI=1S/C39H80/c1-4-6-8-10-12-14-16-18-20-21-22-23-24-26-28-30-32-34-36-38-39(3)37-35-33-31-29-27-25-19-17-15-13-11-9-7-5-2/h39H,4-38H2,1-3H3. The van der Waals surface area contributed by atoms with Crippen LogP contribution in [0.2, 0.25) is 0 Å². The first-order valence-corrected chi connectivity index (χ1v) is 19.3. The van der Waals surface area contributed by atoms with E-state index in [1.807, 2.05) is 0 Å². The van der Waals surface area contributed by atoms with Crippen LogP contribution in [0.3, 0.4) is 0 Å². The van der Waals surface area contributed by atoms with E-state index >= 15 is 0 Å². The lowest BCUT2D eigenvalue weighted by Gasteiger charge is -2.11. The lowest BCUT2D eigenvalue weighted by atomic mass is 9.95. The molecule has 0 heterocycles. The molecule has 0 radical (unpaired) electrons. The van der Waals surface area contributed by atoms with Crippen LogP contribution in [0.1, 0.15) is 245 Å². The van der Waals surface area contributed by atoms with Gasteiger partial charge in [0.05, 0.1) is 0 Å². The fourth-order valence-corrected chi connectivity index (χ4v) is 6.40. The minimum Gasteiger partial charge on any atom is -0.0654 e. The van der Waals surface area contributed by atoms with Crippen LogP contribution in [0, 0.1) is 5.92 Å². The van der Waals surface area contributed by atoms with Gasteiger partial charge in [-0.3, -0.25) is 0 Å². The average molecular weight is 549 g/mol. The molecule has 0 N–H and O–H groups in total. The summed E-state index contributed by atoms with van der Waals surface area (Å²) in [4.78, 5) is 0. The van der Waals surface area contributed by atoms with Gasteiger partial charge in [-0.25, -0.2) is 0 Å². The Hall–Kier alpha value is 0. The Balaban J connectivity index is 3.13. The summed E-state index contributed by atoms with van der Waals surface area (Å²) >= 11 is 0. The van der Waals surface area contributed by atoms with E-state index in [2.05, 4.69) is 20.8 Å². The average Bonchev–Trinajstić information content (AvgIpc) is 2.94. The zero-order chi connectivity index (χ0) is 28.3. The Labute approximate surface area is 251 Å². The van der Waals surface area contributed by atoms with Crippen molar-refractivity contribution in [2.75, 3.05) is 0 Å². The van der Waals surface area contributed by atoms with E-state index in [1.165, 1.54) is 225 Å². The van der Waals surface area contributed by atoms with Crippen molar-refractivity contribution < 1.29 is 0 Å². The lowest BCUT2D eigenvalue weighted by molar-refractivity contribution is 0.429. The molecule has 0 aromatic carbocycles. The second-order valence-electron chi connectivity index (χ2n) is 13.6. The molecular formula is C39H80. The SMILES string of the molecule is CCCCCCCCCCCCCCCCCCCCCC(C)CCCCCCCCCCCCCCCC. The van der Waals surface area contributed by atoms with Crippen molar-refractivity contribution >= 4 is 0 Å². The van der Waals surface area contributed by atoms with Crippen molar-refractivity contribution in [1.29, 1.82) is 0 Å². The molecule has 0 saturated heterocycles. The second kappa shape index (κ2) is 36.0. The van der Waals surface area contributed by atoms with E-state index in [1.54, 1.807) is 0 Å². The molecule has 0 aromatic rings. The zero-order valence-corrected chi connectivity index (χ0v) is 28.3. The first-order chi connectivity index (χ1) is 19.3. The third kappa shape index (κ3) is 36.0. The van der Waals surface area contributed by atoms with Crippen molar-refractivity contribution in [3.05, 3.63) is 0 Å². The van der Waals surface area contributed by atoms with Crippen molar-refractivity contribution in [3.63, 3.8) is 0 Å². The normalized spacial score (nSPS) is 12.4. The highest BCUT2D eigenvalue weighted by atomic mass is 14.1. The maximum absolute atomic E-state index is 2.51. The molecule has 0 aromatic heterocycles. The van der Waals surface area contributed by atoms with Gasteiger partial charge in [-0.05, 0) is 5.92 Å². The molecule has 0 rings (SSSR count). The van der Waals surface area contributed by atoms with Gasteiger partial charge in [0.2, 0.25) is 0 Å². The highest BCUT2D eigenvalue weighted by molar-refractivity contribution is 4.57. The quantitative estimate of drug-likeness (QED) is 0.0691. The maximum atomic E-state index is 2.51. The van der Waals surface area contributed by atoms with Crippen molar-refractivity contribution in [2.24, 2.45) is 5.92 Å². The molecule has 0 spiro atoms.